The fourth-order valence-electron chi connectivity index (χ4n) is 3.34. The van der Waals surface area contributed by atoms with Crippen LogP contribution in [-0.2, 0) is 5.60 Å². The molecule has 1 saturated carbocycles. The van der Waals surface area contributed by atoms with Crippen LogP contribution in [0.2, 0.25) is 0 Å². The summed E-state index contributed by atoms with van der Waals surface area (Å²) in [5.41, 5.74) is 2.94. The Labute approximate surface area is 111 Å². The van der Waals surface area contributed by atoms with Crippen molar-refractivity contribution in [3.8, 4) is 0 Å². The molecule has 1 unspecified atom stereocenters. The van der Waals surface area contributed by atoms with Crippen molar-refractivity contribution < 1.29 is 5.11 Å². The average molecular weight is 246 g/mol. The molecule has 1 fully saturated rings. The van der Waals surface area contributed by atoms with Gasteiger partial charge in [-0.25, -0.2) is 0 Å². The monoisotopic (exact) mass is 246 g/mol. The van der Waals surface area contributed by atoms with Crippen LogP contribution >= 0.6 is 0 Å². The summed E-state index contributed by atoms with van der Waals surface area (Å²) < 4.78 is 0. The maximum absolute atomic E-state index is 11.0. The number of aliphatic hydroxyl groups is 1. The molecule has 0 radical (unpaired) electrons. The molecule has 1 atom stereocenters. The molecule has 100 valence electrons. The van der Waals surface area contributed by atoms with E-state index >= 15 is 0 Å². The lowest BCUT2D eigenvalue weighted by atomic mass is 9.78. The summed E-state index contributed by atoms with van der Waals surface area (Å²) in [6, 6.07) is 6.47. The van der Waals surface area contributed by atoms with Crippen LogP contribution in [0, 0.1) is 19.8 Å². The lowest BCUT2D eigenvalue weighted by Crippen LogP contribution is -2.31. The van der Waals surface area contributed by atoms with Gasteiger partial charge in [-0.05, 0) is 45.1 Å². The van der Waals surface area contributed by atoms with E-state index in [0.29, 0.717) is 5.92 Å². The molecule has 0 amide bonds. The summed E-state index contributed by atoms with van der Waals surface area (Å²) in [6.45, 7) is 6.23. The van der Waals surface area contributed by atoms with Crippen LogP contribution < -0.4 is 0 Å². The Kier molecular flexibility index (Phi) is 4.11. The number of hydrogen-bond donors (Lipinski definition) is 1. The van der Waals surface area contributed by atoms with E-state index < -0.39 is 5.60 Å². The number of rotatable bonds is 2. The van der Waals surface area contributed by atoms with Crippen LogP contribution in [0.3, 0.4) is 0 Å². The highest BCUT2D eigenvalue weighted by molar-refractivity contribution is 5.32. The van der Waals surface area contributed by atoms with Crippen molar-refractivity contribution in [3.05, 3.63) is 34.9 Å². The van der Waals surface area contributed by atoms with Crippen molar-refractivity contribution in [3.63, 3.8) is 0 Å². The maximum Gasteiger partial charge on any atom is 0.0896 e. The van der Waals surface area contributed by atoms with Crippen LogP contribution in [-0.4, -0.2) is 5.11 Å². The molecule has 0 spiro atoms. The second-order valence-corrected chi connectivity index (χ2v) is 6.21. The molecule has 0 saturated heterocycles. The first kappa shape index (κ1) is 13.6. The topological polar surface area (TPSA) is 20.2 Å². The van der Waals surface area contributed by atoms with E-state index in [0.717, 1.165) is 5.56 Å². The van der Waals surface area contributed by atoms with E-state index in [4.69, 9.17) is 0 Å². The van der Waals surface area contributed by atoms with Crippen LogP contribution in [0.15, 0.2) is 18.2 Å². The third-order valence-corrected chi connectivity index (χ3v) is 4.46. The third-order valence-electron chi connectivity index (χ3n) is 4.46. The Morgan fingerprint density at radius 3 is 1.94 bits per heavy atom. The van der Waals surface area contributed by atoms with Gasteiger partial charge in [0.25, 0.3) is 0 Å². The molecule has 0 heterocycles. The lowest BCUT2D eigenvalue weighted by molar-refractivity contribution is -0.0127. The van der Waals surface area contributed by atoms with Gasteiger partial charge in [0.1, 0.15) is 0 Å². The van der Waals surface area contributed by atoms with Gasteiger partial charge in [0, 0.05) is 0 Å². The van der Waals surface area contributed by atoms with Crippen LogP contribution in [0.1, 0.15) is 62.1 Å². The second-order valence-electron chi connectivity index (χ2n) is 6.21. The standard InChI is InChI=1S/C17H26O/c1-13-10-14(2)12-16(11-13)17(3,18)15-8-6-4-5-7-9-15/h10-12,15,18H,4-9H2,1-3H3. The fourth-order valence-corrected chi connectivity index (χ4v) is 3.34. The Hall–Kier alpha value is -0.820. The highest BCUT2D eigenvalue weighted by Crippen LogP contribution is 2.38. The van der Waals surface area contributed by atoms with Gasteiger partial charge >= 0.3 is 0 Å². The first-order chi connectivity index (χ1) is 8.50. The van der Waals surface area contributed by atoms with Gasteiger partial charge in [-0.15, -0.1) is 0 Å². The molecule has 1 aliphatic carbocycles. The van der Waals surface area contributed by atoms with Crippen molar-refractivity contribution in [2.75, 3.05) is 0 Å². The number of benzene rings is 1. The van der Waals surface area contributed by atoms with E-state index in [1.54, 1.807) is 0 Å². The van der Waals surface area contributed by atoms with Crippen LogP contribution in [0.4, 0.5) is 0 Å². The normalized spacial score (nSPS) is 21.3. The van der Waals surface area contributed by atoms with Crippen molar-refractivity contribution in [1.82, 2.24) is 0 Å². The Bertz CT molecular complexity index is 378. The lowest BCUT2D eigenvalue weighted by Gasteiger charge is -2.33. The molecule has 0 aromatic heterocycles. The van der Waals surface area contributed by atoms with Gasteiger partial charge in [-0.3, -0.25) is 0 Å². The van der Waals surface area contributed by atoms with Crippen LogP contribution in [0.5, 0.6) is 0 Å². The summed E-state index contributed by atoms with van der Waals surface area (Å²) in [5, 5.41) is 11.0. The minimum absolute atomic E-state index is 0.418. The van der Waals surface area contributed by atoms with E-state index in [-0.39, 0.29) is 0 Å². The minimum atomic E-state index is -0.666. The zero-order valence-corrected chi connectivity index (χ0v) is 12.0. The molecule has 1 aromatic carbocycles. The predicted octanol–water partition coefficient (Wildman–Crippen LogP) is 4.48. The molecule has 0 bridgehead atoms. The van der Waals surface area contributed by atoms with E-state index in [9.17, 15) is 5.11 Å². The zero-order valence-electron chi connectivity index (χ0n) is 12.0. The number of aryl methyl sites for hydroxylation is 2. The van der Waals surface area contributed by atoms with Crippen molar-refractivity contribution >= 4 is 0 Å². The van der Waals surface area contributed by atoms with Crippen LogP contribution in [0.25, 0.3) is 0 Å². The first-order valence-electron chi connectivity index (χ1n) is 7.31. The highest BCUT2D eigenvalue weighted by Gasteiger charge is 2.33. The van der Waals surface area contributed by atoms with Gasteiger partial charge in [0.15, 0.2) is 0 Å². The molecule has 2 rings (SSSR count). The Morgan fingerprint density at radius 1 is 0.944 bits per heavy atom. The SMILES string of the molecule is Cc1cc(C)cc(C(C)(O)C2CCCCCC2)c1. The molecular formula is C17H26O. The summed E-state index contributed by atoms with van der Waals surface area (Å²) in [5.74, 6) is 0.418. The average Bonchev–Trinajstić information content (AvgIpc) is 2.56. The molecule has 1 nitrogen and oxygen atoms in total. The fraction of sp³-hybridized carbons (Fsp3) is 0.647. The molecule has 0 aliphatic heterocycles. The van der Waals surface area contributed by atoms with E-state index in [2.05, 4.69) is 32.0 Å². The highest BCUT2D eigenvalue weighted by atomic mass is 16.3. The number of hydrogen-bond acceptors (Lipinski definition) is 1. The molecule has 1 N–H and O–H groups in total. The molecule has 1 heteroatoms. The largest absolute Gasteiger partial charge is 0.385 e. The van der Waals surface area contributed by atoms with Gasteiger partial charge in [-0.2, -0.15) is 0 Å². The van der Waals surface area contributed by atoms with Crippen molar-refractivity contribution in [2.24, 2.45) is 5.92 Å². The maximum atomic E-state index is 11.0. The molecule has 18 heavy (non-hydrogen) atoms. The van der Waals surface area contributed by atoms with Gasteiger partial charge in [0.05, 0.1) is 5.60 Å². The second kappa shape index (κ2) is 5.44. The smallest absolute Gasteiger partial charge is 0.0896 e. The predicted molar refractivity (Wildman–Crippen MR) is 76.7 cm³/mol. The van der Waals surface area contributed by atoms with Crippen molar-refractivity contribution in [1.29, 1.82) is 0 Å². The van der Waals surface area contributed by atoms with Gasteiger partial charge < -0.3 is 5.11 Å². The summed E-state index contributed by atoms with van der Waals surface area (Å²) in [6.07, 6.45) is 7.54. The summed E-state index contributed by atoms with van der Waals surface area (Å²) >= 11 is 0. The van der Waals surface area contributed by atoms with Gasteiger partial charge in [0.2, 0.25) is 0 Å². The summed E-state index contributed by atoms with van der Waals surface area (Å²) in [7, 11) is 0. The molecule has 1 aliphatic rings. The van der Waals surface area contributed by atoms with E-state index in [1.165, 1.54) is 49.7 Å². The Balaban J connectivity index is 2.27. The zero-order chi connectivity index (χ0) is 13.2. The van der Waals surface area contributed by atoms with E-state index in [1.807, 2.05) is 6.92 Å². The molecular weight excluding hydrogens is 220 g/mol. The van der Waals surface area contributed by atoms with Crippen molar-refractivity contribution in [2.45, 2.75) is 64.9 Å². The quantitative estimate of drug-likeness (QED) is 0.763. The minimum Gasteiger partial charge on any atom is -0.385 e. The third kappa shape index (κ3) is 2.95. The molecule has 1 aromatic rings. The summed E-state index contributed by atoms with van der Waals surface area (Å²) in [4.78, 5) is 0. The Morgan fingerprint density at radius 2 is 1.44 bits per heavy atom. The van der Waals surface area contributed by atoms with Gasteiger partial charge in [-0.1, -0.05) is 55.0 Å². The first-order valence-corrected chi connectivity index (χ1v) is 7.31.